The van der Waals surface area contributed by atoms with Gasteiger partial charge in [0.05, 0.1) is 28.4 Å². The Morgan fingerprint density at radius 1 is 0.805 bits per heavy atom. The van der Waals surface area contributed by atoms with Gasteiger partial charge >= 0.3 is 23.9 Å². The highest BCUT2D eigenvalue weighted by atomic mass is 16.6. The smallest absolute Gasteiger partial charge is 0.341 e. The molecule has 10 heteroatoms. The fraction of sp³-hybridized carbons (Fsp3) is 0.548. The van der Waals surface area contributed by atoms with E-state index in [0.29, 0.717) is 5.56 Å². The van der Waals surface area contributed by atoms with Gasteiger partial charge in [0.15, 0.2) is 6.10 Å². The van der Waals surface area contributed by atoms with Crippen LogP contribution in [-0.4, -0.2) is 59.5 Å². The van der Waals surface area contributed by atoms with Gasteiger partial charge in [-0.15, -0.1) is 0 Å². The summed E-state index contributed by atoms with van der Waals surface area (Å²) in [6.07, 6.45) is -0.383. The second-order valence-electron chi connectivity index (χ2n) is 12.0. The van der Waals surface area contributed by atoms with Crippen LogP contribution in [0.3, 0.4) is 0 Å². The van der Waals surface area contributed by atoms with E-state index >= 15 is 0 Å². The number of ether oxygens (including phenoxy) is 5. The van der Waals surface area contributed by atoms with Crippen LogP contribution in [-0.2, 0) is 33.3 Å². The van der Waals surface area contributed by atoms with Gasteiger partial charge in [-0.3, -0.25) is 9.59 Å². The van der Waals surface area contributed by atoms with Crippen molar-refractivity contribution in [2.24, 2.45) is 17.3 Å². The third kappa shape index (κ3) is 4.62. The van der Waals surface area contributed by atoms with E-state index in [9.17, 15) is 19.2 Å². The zero-order chi connectivity index (χ0) is 29.7. The van der Waals surface area contributed by atoms with E-state index in [1.54, 1.807) is 30.3 Å². The minimum Gasteiger partial charge on any atom is -0.472 e. The van der Waals surface area contributed by atoms with Gasteiger partial charge in [-0.05, 0) is 57.7 Å². The molecule has 220 valence electrons. The quantitative estimate of drug-likeness (QED) is 0.363. The highest BCUT2D eigenvalue weighted by molar-refractivity contribution is 5.90. The van der Waals surface area contributed by atoms with Crippen LogP contribution in [0.15, 0.2) is 53.3 Å². The molecule has 1 aliphatic heterocycles. The average molecular weight is 569 g/mol. The van der Waals surface area contributed by atoms with Crippen LogP contribution >= 0.6 is 0 Å². The fourth-order valence-corrected chi connectivity index (χ4v) is 7.51. The molecule has 41 heavy (non-hydrogen) atoms. The van der Waals surface area contributed by atoms with E-state index in [2.05, 4.69) is 0 Å². The lowest BCUT2D eigenvalue weighted by atomic mass is 9.48. The Morgan fingerprint density at radius 3 is 2.07 bits per heavy atom. The fourth-order valence-electron chi connectivity index (χ4n) is 7.51. The second kappa shape index (κ2) is 10.3. The van der Waals surface area contributed by atoms with E-state index in [1.165, 1.54) is 32.4 Å². The van der Waals surface area contributed by atoms with Gasteiger partial charge in [0, 0.05) is 19.8 Å². The first-order valence-electron chi connectivity index (χ1n) is 13.8. The van der Waals surface area contributed by atoms with Gasteiger partial charge in [-0.2, -0.15) is 0 Å². The van der Waals surface area contributed by atoms with Crippen molar-refractivity contribution in [3.05, 3.63) is 60.1 Å². The molecular weight excluding hydrogens is 532 g/mol. The Morgan fingerprint density at radius 2 is 1.46 bits per heavy atom. The molecule has 2 bridgehead atoms. The minimum absolute atomic E-state index is 0.241. The summed E-state index contributed by atoms with van der Waals surface area (Å²) < 4.78 is 36.2. The summed E-state index contributed by atoms with van der Waals surface area (Å²) in [6, 6.07) is 10.1. The first-order chi connectivity index (χ1) is 19.3. The largest absolute Gasteiger partial charge is 0.472 e. The lowest BCUT2D eigenvalue weighted by molar-refractivity contribution is -0.302. The third-order valence-electron chi connectivity index (χ3n) is 9.20. The van der Waals surface area contributed by atoms with Gasteiger partial charge < -0.3 is 28.1 Å². The van der Waals surface area contributed by atoms with Crippen LogP contribution < -0.4 is 0 Å². The van der Waals surface area contributed by atoms with Crippen LogP contribution in [0.5, 0.6) is 0 Å². The Kier molecular flexibility index (Phi) is 7.26. The van der Waals surface area contributed by atoms with Gasteiger partial charge in [0.1, 0.15) is 30.2 Å². The van der Waals surface area contributed by atoms with Crippen molar-refractivity contribution in [2.75, 3.05) is 0 Å². The number of benzene rings is 1. The molecule has 0 amide bonds. The number of rotatable bonds is 6. The topological polar surface area (TPSA) is 128 Å². The van der Waals surface area contributed by atoms with Crippen molar-refractivity contribution in [3.8, 4) is 0 Å². The number of esters is 4. The molecule has 0 unspecified atom stereocenters. The molecule has 1 aromatic heterocycles. The first kappa shape index (κ1) is 28.9. The molecule has 2 heterocycles. The number of hydrogen-bond donors (Lipinski definition) is 0. The predicted molar refractivity (Wildman–Crippen MR) is 143 cm³/mol. The van der Waals surface area contributed by atoms with Crippen LogP contribution in [0, 0.1) is 17.3 Å². The lowest BCUT2D eigenvalue weighted by Crippen LogP contribution is -2.76. The molecule has 0 N–H and O–H groups in total. The summed E-state index contributed by atoms with van der Waals surface area (Å²) >= 11 is 0. The SMILES string of the molecule is CC(=O)O[C@H]1C[C@@H](C)[C@]23OC(C)(C)[C@H](C[C@H](OC(=O)c4ccccc4)[C@]2(C)[C@H]1OC(C)=O)[C@@H]3OC(=O)c1ccoc1. The summed E-state index contributed by atoms with van der Waals surface area (Å²) in [5.74, 6) is -3.05. The molecule has 2 saturated carbocycles. The Bertz CT molecular complexity index is 1320. The minimum atomic E-state index is -1.30. The van der Waals surface area contributed by atoms with Crippen molar-refractivity contribution in [3.63, 3.8) is 0 Å². The van der Waals surface area contributed by atoms with Gasteiger partial charge in [-0.1, -0.05) is 25.1 Å². The van der Waals surface area contributed by atoms with Crippen molar-refractivity contribution in [2.45, 2.75) is 90.0 Å². The van der Waals surface area contributed by atoms with Crippen molar-refractivity contribution in [1.29, 1.82) is 0 Å². The number of hydrogen-bond acceptors (Lipinski definition) is 10. The summed E-state index contributed by atoms with van der Waals surface area (Å²) in [4.78, 5) is 51.5. The van der Waals surface area contributed by atoms with Gasteiger partial charge in [0.25, 0.3) is 0 Å². The number of fused-ring (bicyclic) bond motifs is 1. The van der Waals surface area contributed by atoms with Crippen molar-refractivity contribution >= 4 is 23.9 Å². The van der Waals surface area contributed by atoms with Crippen molar-refractivity contribution in [1.82, 2.24) is 0 Å². The molecule has 2 aliphatic carbocycles. The second-order valence-corrected chi connectivity index (χ2v) is 12.0. The summed E-state index contributed by atoms with van der Waals surface area (Å²) in [5.41, 5.74) is -2.80. The molecule has 5 rings (SSSR count). The van der Waals surface area contributed by atoms with Gasteiger partial charge in [-0.25, -0.2) is 9.59 Å². The molecule has 3 fully saturated rings. The highest BCUT2D eigenvalue weighted by Crippen LogP contribution is 2.68. The number of carbonyl (C=O) groups excluding carboxylic acids is 4. The maximum atomic E-state index is 13.5. The Balaban J connectivity index is 1.66. The van der Waals surface area contributed by atoms with E-state index in [0.717, 1.165) is 0 Å². The highest BCUT2D eigenvalue weighted by Gasteiger charge is 2.80. The molecule has 8 atom stereocenters. The first-order valence-corrected chi connectivity index (χ1v) is 13.8. The molecule has 1 spiro atoms. The summed E-state index contributed by atoms with van der Waals surface area (Å²) in [6.45, 7) is 10.1. The third-order valence-corrected chi connectivity index (χ3v) is 9.20. The summed E-state index contributed by atoms with van der Waals surface area (Å²) in [5, 5.41) is 0. The van der Waals surface area contributed by atoms with Crippen LogP contribution in [0.2, 0.25) is 0 Å². The molecule has 1 aromatic carbocycles. The standard InChI is InChI=1S/C31H36O10/c1-17-14-23(37-18(2)32)26(38-19(3)33)30(6)24(39-27(34)20-10-8-7-9-11-20)15-22-25(31(17,30)41-29(22,4)5)40-28(35)21-12-13-36-16-21/h7-13,16-17,22-26H,14-15H2,1-6H3/t17-,22-,23+,24+,25+,26+,30-,31-/m1/s1. The molecule has 1 saturated heterocycles. The monoisotopic (exact) mass is 568 g/mol. The normalized spacial score (nSPS) is 35.1. The molecule has 0 radical (unpaired) electrons. The Labute approximate surface area is 238 Å². The lowest BCUT2D eigenvalue weighted by Gasteiger charge is -2.62. The molecule has 3 aliphatic rings. The van der Waals surface area contributed by atoms with E-state index in [-0.39, 0.29) is 30.2 Å². The summed E-state index contributed by atoms with van der Waals surface area (Å²) in [7, 11) is 0. The Hall–Kier alpha value is -3.66. The van der Waals surface area contributed by atoms with Crippen LogP contribution in [0.4, 0.5) is 0 Å². The van der Waals surface area contributed by atoms with Crippen LogP contribution in [0.1, 0.15) is 75.1 Å². The van der Waals surface area contributed by atoms with E-state index in [4.69, 9.17) is 28.1 Å². The van der Waals surface area contributed by atoms with Crippen LogP contribution in [0.25, 0.3) is 0 Å². The molecule has 2 aromatic rings. The molecule has 10 nitrogen and oxygen atoms in total. The van der Waals surface area contributed by atoms with E-state index in [1.807, 2.05) is 27.7 Å². The maximum Gasteiger partial charge on any atom is 0.341 e. The van der Waals surface area contributed by atoms with E-state index < -0.39 is 64.9 Å². The number of furan rings is 1. The average Bonchev–Trinajstić information content (AvgIpc) is 3.50. The van der Waals surface area contributed by atoms with Gasteiger partial charge in [0.2, 0.25) is 0 Å². The number of carbonyl (C=O) groups is 4. The predicted octanol–water partition coefficient (Wildman–Crippen LogP) is 4.51. The molecular formula is C31H36O10. The zero-order valence-corrected chi connectivity index (χ0v) is 24.1. The van der Waals surface area contributed by atoms with Crippen molar-refractivity contribution < 1.29 is 47.3 Å². The maximum absolute atomic E-state index is 13.5. The zero-order valence-electron chi connectivity index (χ0n) is 24.1.